The zero-order chi connectivity index (χ0) is 13.6. The van der Waals surface area contributed by atoms with Gasteiger partial charge in [0, 0.05) is 12.6 Å². The third-order valence-electron chi connectivity index (χ3n) is 4.63. The summed E-state index contributed by atoms with van der Waals surface area (Å²) in [5, 5.41) is 9.85. The highest BCUT2D eigenvalue weighted by atomic mass is 35.5. The van der Waals surface area contributed by atoms with E-state index in [-0.39, 0.29) is 6.61 Å². The van der Waals surface area contributed by atoms with E-state index in [9.17, 15) is 5.11 Å². The van der Waals surface area contributed by atoms with Crippen LogP contribution in [0.25, 0.3) is 11.2 Å². The van der Waals surface area contributed by atoms with Crippen molar-refractivity contribution in [2.24, 2.45) is 17.8 Å². The maximum Gasteiger partial charge on any atom is 0.165 e. The zero-order valence-corrected chi connectivity index (χ0v) is 11.7. The predicted octanol–water partition coefficient (Wildman–Crippen LogP) is 2.31. The van der Waals surface area contributed by atoms with Crippen molar-refractivity contribution in [1.29, 1.82) is 0 Å². The number of aliphatic hydroxyl groups excluding tert-OH is 1. The normalized spacial score (nSPS) is 31.2. The van der Waals surface area contributed by atoms with Crippen LogP contribution in [-0.2, 0) is 0 Å². The van der Waals surface area contributed by atoms with E-state index >= 15 is 0 Å². The van der Waals surface area contributed by atoms with Gasteiger partial charge in [-0.25, -0.2) is 15.0 Å². The third kappa shape index (κ3) is 1.92. The van der Waals surface area contributed by atoms with Crippen LogP contribution in [0.1, 0.15) is 26.3 Å². The quantitative estimate of drug-likeness (QED) is 0.858. The maximum absolute atomic E-state index is 9.46. The van der Waals surface area contributed by atoms with Gasteiger partial charge in [-0.3, -0.25) is 0 Å². The van der Waals surface area contributed by atoms with Gasteiger partial charge in [0.25, 0.3) is 0 Å². The van der Waals surface area contributed by atoms with Crippen LogP contribution in [0.15, 0.2) is 12.7 Å². The molecule has 0 amide bonds. The second-order valence-corrected chi connectivity index (χ2v) is 5.81. The molecule has 6 heteroatoms. The monoisotopic (exact) mass is 280 g/mol. The molecule has 0 aliphatic heterocycles. The molecule has 2 heterocycles. The van der Waals surface area contributed by atoms with Crippen molar-refractivity contribution in [3.8, 4) is 0 Å². The number of halogens is 1. The molecule has 102 valence electrons. The van der Waals surface area contributed by atoms with Gasteiger partial charge < -0.3 is 9.67 Å². The Labute approximate surface area is 116 Å². The smallest absolute Gasteiger partial charge is 0.165 e. The Morgan fingerprint density at radius 2 is 2.11 bits per heavy atom. The van der Waals surface area contributed by atoms with Crippen LogP contribution in [0.2, 0.25) is 5.15 Å². The highest BCUT2D eigenvalue weighted by molar-refractivity contribution is 6.33. The third-order valence-corrected chi connectivity index (χ3v) is 4.91. The standard InChI is InChI=1S/C13H17ClN4O/c1-7-8(2)10(3-9(7)4-19)18-6-17-11-12(14)15-5-16-13(11)18/h5-10,19H,3-4H2,1-2H3/t7-,8+,9+,10+/m0/s1. The minimum atomic E-state index is 0.240. The van der Waals surface area contributed by atoms with Crippen LogP contribution >= 0.6 is 11.6 Å². The second-order valence-electron chi connectivity index (χ2n) is 5.45. The molecule has 2 aromatic heterocycles. The summed E-state index contributed by atoms with van der Waals surface area (Å²) in [6.07, 6.45) is 4.21. The lowest BCUT2D eigenvalue weighted by molar-refractivity contribution is 0.191. The molecule has 1 aliphatic carbocycles. The summed E-state index contributed by atoms with van der Waals surface area (Å²) in [7, 11) is 0. The number of hydrogen-bond donors (Lipinski definition) is 1. The first-order valence-electron chi connectivity index (χ1n) is 6.57. The van der Waals surface area contributed by atoms with Gasteiger partial charge in [-0.2, -0.15) is 0 Å². The fourth-order valence-electron chi connectivity index (χ4n) is 3.19. The Bertz CT molecular complexity index is 599. The van der Waals surface area contributed by atoms with Gasteiger partial charge in [0.05, 0.1) is 6.33 Å². The van der Waals surface area contributed by atoms with Crippen LogP contribution in [0, 0.1) is 17.8 Å². The van der Waals surface area contributed by atoms with Crippen LogP contribution in [0.3, 0.4) is 0 Å². The average molecular weight is 281 g/mol. The van der Waals surface area contributed by atoms with E-state index in [0.717, 1.165) is 12.1 Å². The van der Waals surface area contributed by atoms with Crippen molar-refractivity contribution in [2.75, 3.05) is 6.61 Å². The minimum Gasteiger partial charge on any atom is -0.396 e. The molecule has 1 aliphatic rings. The highest BCUT2D eigenvalue weighted by Gasteiger charge is 2.39. The summed E-state index contributed by atoms with van der Waals surface area (Å²) >= 11 is 6.03. The Balaban J connectivity index is 2.04. The number of hydrogen-bond acceptors (Lipinski definition) is 4. The summed E-state index contributed by atoms with van der Waals surface area (Å²) in [5.74, 6) is 1.31. The Morgan fingerprint density at radius 1 is 1.32 bits per heavy atom. The van der Waals surface area contributed by atoms with Gasteiger partial charge in [0.1, 0.15) is 11.8 Å². The van der Waals surface area contributed by atoms with E-state index in [1.54, 1.807) is 6.33 Å². The van der Waals surface area contributed by atoms with Crippen LogP contribution < -0.4 is 0 Å². The van der Waals surface area contributed by atoms with E-state index in [1.807, 2.05) is 0 Å². The van der Waals surface area contributed by atoms with E-state index in [1.165, 1.54) is 6.33 Å². The molecule has 2 aromatic rings. The van der Waals surface area contributed by atoms with Crippen molar-refractivity contribution in [1.82, 2.24) is 19.5 Å². The fourth-order valence-corrected chi connectivity index (χ4v) is 3.37. The molecular weight excluding hydrogens is 264 g/mol. The lowest BCUT2D eigenvalue weighted by Gasteiger charge is -2.20. The highest BCUT2D eigenvalue weighted by Crippen LogP contribution is 2.44. The summed E-state index contributed by atoms with van der Waals surface area (Å²) in [6.45, 7) is 4.66. The first-order chi connectivity index (χ1) is 9.13. The lowest BCUT2D eigenvalue weighted by Crippen LogP contribution is -2.15. The molecule has 0 bridgehead atoms. The Hall–Kier alpha value is -1.20. The molecular formula is C13H17ClN4O. The van der Waals surface area contributed by atoms with Crippen LogP contribution in [0.4, 0.5) is 0 Å². The molecule has 5 nitrogen and oxygen atoms in total. The molecule has 0 radical (unpaired) electrons. The van der Waals surface area contributed by atoms with Gasteiger partial charge in [-0.1, -0.05) is 25.4 Å². The number of aromatic nitrogens is 4. The van der Waals surface area contributed by atoms with Crippen LogP contribution in [0.5, 0.6) is 0 Å². The predicted molar refractivity (Wildman–Crippen MR) is 72.9 cm³/mol. The molecule has 0 unspecified atom stereocenters. The zero-order valence-electron chi connectivity index (χ0n) is 11.0. The van der Waals surface area contributed by atoms with Crippen LogP contribution in [-0.4, -0.2) is 31.2 Å². The Morgan fingerprint density at radius 3 is 2.79 bits per heavy atom. The molecule has 0 aromatic carbocycles. The van der Waals surface area contributed by atoms with Crippen molar-refractivity contribution >= 4 is 22.8 Å². The topological polar surface area (TPSA) is 63.8 Å². The van der Waals surface area contributed by atoms with Gasteiger partial charge in [0.2, 0.25) is 0 Å². The molecule has 4 atom stereocenters. The summed E-state index contributed by atoms with van der Waals surface area (Å²) < 4.78 is 2.08. The second kappa shape index (κ2) is 4.72. The SMILES string of the molecule is C[C@@H]1[C@@H](CO)C[C@@H](n2cnc3c(Cl)ncnc32)[C@@H]1C. The van der Waals surface area contributed by atoms with Gasteiger partial charge >= 0.3 is 0 Å². The Kier molecular flexibility index (Phi) is 3.19. The van der Waals surface area contributed by atoms with E-state index < -0.39 is 0 Å². The molecule has 19 heavy (non-hydrogen) atoms. The number of nitrogens with zero attached hydrogens (tertiary/aromatic N) is 4. The summed E-state index contributed by atoms with van der Waals surface area (Å²) in [5.41, 5.74) is 1.43. The number of rotatable bonds is 2. The van der Waals surface area contributed by atoms with Crippen molar-refractivity contribution in [3.05, 3.63) is 17.8 Å². The number of aliphatic hydroxyl groups is 1. The van der Waals surface area contributed by atoms with E-state index in [4.69, 9.17) is 11.6 Å². The summed E-state index contributed by atoms with van der Waals surface area (Å²) in [6, 6.07) is 0.308. The average Bonchev–Trinajstić information content (AvgIpc) is 2.94. The van der Waals surface area contributed by atoms with E-state index in [0.29, 0.717) is 34.5 Å². The molecule has 1 N–H and O–H groups in total. The molecule has 0 saturated heterocycles. The fraction of sp³-hybridized carbons (Fsp3) is 0.615. The first kappa shape index (κ1) is 12.8. The number of fused-ring (bicyclic) bond motifs is 1. The largest absolute Gasteiger partial charge is 0.396 e. The molecule has 1 saturated carbocycles. The molecule has 0 spiro atoms. The van der Waals surface area contributed by atoms with Gasteiger partial charge in [-0.05, 0) is 24.2 Å². The van der Waals surface area contributed by atoms with Gasteiger partial charge in [0.15, 0.2) is 10.8 Å². The number of imidazole rings is 1. The van der Waals surface area contributed by atoms with E-state index in [2.05, 4.69) is 33.4 Å². The first-order valence-corrected chi connectivity index (χ1v) is 6.95. The molecule has 1 fully saturated rings. The van der Waals surface area contributed by atoms with Crippen molar-refractivity contribution < 1.29 is 5.11 Å². The van der Waals surface area contributed by atoms with Gasteiger partial charge in [-0.15, -0.1) is 0 Å². The van der Waals surface area contributed by atoms with Crippen molar-refractivity contribution in [2.45, 2.75) is 26.3 Å². The summed E-state index contributed by atoms with van der Waals surface area (Å²) in [4.78, 5) is 12.6. The lowest BCUT2D eigenvalue weighted by atomic mass is 9.92. The maximum atomic E-state index is 9.46. The minimum absolute atomic E-state index is 0.240. The van der Waals surface area contributed by atoms with Crippen molar-refractivity contribution in [3.63, 3.8) is 0 Å². The molecule has 3 rings (SSSR count).